The van der Waals surface area contributed by atoms with Crippen molar-refractivity contribution < 1.29 is 19.1 Å². The number of H-pyrrole nitrogens is 1. The molecular weight excluding hydrogens is 339 g/mol. The Bertz CT molecular complexity index is 909. The maximum Gasteiger partial charge on any atom is 0.407 e. The summed E-state index contributed by atoms with van der Waals surface area (Å²) in [6.45, 7) is 3.46. The third-order valence-corrected chi connectivity index (χ3v) is 5.66. The molecule has 4 rings (SSSR count). The lowest BCUT2D eigenvalue weighted by Crippen LogP contribution is -2.50. The molecule has 2 atom stereocenters. The molecule has 3 heterocycles. The molecule has 8 heteroatoms. The highest BCUT2D eigenvalue weighted by molar-refractivity contribution is 6.09. The number of likely N-dealkylation sites (tertiary alicyclic amines) is 1. The summed E-state index contributed by atoms with van der Waals surface area (Å²) in [5, 5.41) is 10.0. The topological polar surface area (TPSA) is 103 Å². The fourth-order valence-electron chi connectivity index (χ4n) is 4.48. The highest BCUT2D eigenvalue weighted by atomic mass is 19.1. The zero-order valence-corrected chi connectivity index (χ0v) is 14.5. The van der Waals surface area contributed by atoms with Gasteiger partial charge in [-0.2, -0.15) is 0 Å². The molecular formula is C18H21FN4O3. The van der Waals surface area contributed by atoms with Crippen LogP contribution in [0.4, 0.5) is 14.9 Å². The zero-order chi connectivity index (χ0) is 18.6. The number of aromatic nitrogens is 1. The van der Waals surface area contributed by atoms with Crippen LogP contribution in [-0.2, 0) is 0 Å². The molecule has 7 nitrogen and oxygen atoms in total. The second-order valence-electron chi connectivity index (χ2n) is 7.19. The first-order valence-electron chi connectivity index (χ1n) is 8.73. The summed E-state index contributed by atoms with van der Waals surface area (Å²) in [5.41, 5.74) is 7.25. The molecule has 1 aromatic carbocycles. The van der Waals surface area contributed by atoms with Crippen molar-refractivity contribution in [2.75, 3.05) is 24.5 Å². The number of nitrogens with one attached hydrogen (secondary N) is 1. The van der Waals surface area contributed by atoms with Crippen molar-refractivity contribution in [1.82, 2.24) is 9.88 Å². The number of aryl methyl sites for hydroxylation is 1. The Morgan fingerprint density at radius 3 is 2.73 bits per heavy atom. The van der Waals surface area contributed by atoms with Gasteiger partial charge >= 0.3 is 6.09 Å². The Morgan fingerprint density at radius 1 is 1.31 bits per heavy atom. The molecule has 138 valence electrons. The number of halogens is 1. The predicted molar refractivity (Wildman–Crippen MR) is 95.0 cm³/mol. The van der Waals surface area contributed by atoms with Crippen LogP contribution in [0.3, 0.4) is 0 Å². The Balaban J connectivity index is 1.77. The Hall–Kier alpha value is -2.77. The van der Waals surface area contributed by atoms with Crippen LogP contribution in [0.5, 0.6) is 0 Å². The largest absolute Gasteiger partial charge is 0.465 e. The fourth-order valence-corrected chi connectivity index (χ4v) is 4.48. The molecule has 2 aromatic rings. The molecule has 0 saturated carbocycles. The van der Waals surface area contributed by atoms with Gasteiger partial charge in [-0.3, -0.25) is 4.79 Å². The molecule has 26 heavy (non-hydrogen) atoms. The number of rotatable bonds is 2. The van der Waals surface area contributed by atoms with Gasteiger partial charge in [0.05, 0.1) is 22.8 Å². The molecule has 0 spiro atoms. The minimum absolute atomic E-state index is 0.122. The Kier molecular flexibility index (Phi) is 3.78. The third-order valence-electron chi connectivity index (χ3n) is 5.66. The molecule has 2 unspecified atom stereocenters. The number of anilines is 1. The average Bonchev–Trinajstić information content (AvgIpc) is 3.16. The van der Waals surface area contributed by atoms with E-state index < -0.39 is 17.8 Å². The van der Waals surface area contributed by atoms with E-state index in [0.717, 1.165) is 18.5 Å². The number of amides is 2. The summed E-state index contributed by atoms with van der Waals surface area (Å²) in [5.74, 6) is -0.878. The standard InChI is InChI=1S/C18H21FN4O3/c1-9-6-11-15(21-9)12(17(20)24)7-13(19)16(11)22-4-2-10-3-5-23(18(25)26)14(10)8-22/h6-7,10,14,21H,2-5,8H2,1H3,(H2,20,24)(H,25,26). The quantitative estimate of drug-likeness (QED) is 0.764. The van der Waals surface area contributed by atoms with Gasteiger partial charge in [-0.25, -0.2) is 9.18 Å². The van der Waals surface area contributed by atoms with Gasteiger partial charge in [0, 0.05) is 30.7 Å². The summed E-state index contributed by atoms with van der Waals surface area (Å²) in [4.78, 5) is 29.6. The van der Waals surface area contributed by atoms with Crippen LogP contribution >= 0.6 is 0 Å². The van der Waals surface area contributed by atoms with Crippen molar-refractivity contribution in [2.24, 2.45) is 11.7 Å². The van der Waals surface area contributed by atoms with Crippen molar-refractivity contribution in [3.63, 3.8) is 0 Å². The lowest BCUT2D eigenvalue weighted by Gasteiger charge is -2.39. The Labute approximate surface area is 149 Å². The Morgan fingerprint density at radius 2 is 2.04 bits per heavy atom. The zero-order valence-electron chi connectivity index (χ0n) is 14.5. The number of aromatic amines is 1. The molecule has 0 bridgehead atoms. The first-order valence-corrected chi connectivity index (χ1v) is 8.73. The van der Waals surface area contributed by atoms with Crippen molar-refractivity contribution in [3.8, 4) is 0 Å². The summed E-state index contributed by atoms with van der Waals surface area (Å²) in [6, 6.07) is 2.84. The number of nitrogens with zero attached hydrogens (tertiary/aromatic N) is 2. The number of carbonyl (C=O) groups excluding carboxylic acids is 1. The smallest absolute Gasteiger partial charge is 0.407 e. The summed E-state index contributed by atoms with van der Waals surface area (Å²) < 4.78 is 14.9. The second kappa shape index (κ2) is 5.89. The second-order valence-corrected chi connectivity index (χ2v) is 7.19. The number of fused-ring (bicyclic) bond motifs is 2. The summed E-state index contributed by atoms with van der Waals surface area (Å²) >= 11 is 0. The number of primary amides is 1. The van der Waals surface area contributed by atoms with E-state index in [9.17, 15) is 19.1 Å². The fraction of sp³-hybridized carbons (Fsp3) is 0.444. The van der Waals surface area contributed by atoms with Crippen LogP contribution < -0.4 is 10.6 Å². The predicted octanol–water partition coefficient (Wildman–Crippen LogP) is 2.29. The third kappa shape index (κ3) is 2.48. The van der Waals surface area contributed by atoms with Crippen molar-refractivity contribution in [3.05, 3.63) is 29.2 Å². The molecule has 1 aromatic heterocycles. The average molecular weight is 360 g/mol. The van der Waals surface area contributed by atoms with E-state index in [1.54, 1.807) is 6.07 Å². The maximum atomic E-state index is 14.9. The van der Waals surface area contributed by atoms with Gasteiger partial charge in [0.25, 0.3) is 5.91 Å². The summed E-state index contributed by atoms with van der Waals surface area (Å²) in [7, 11) is 0. The van der Waals surface area contributed by atoms with Crippen molar-refractivity contribution >= 4 is 28.6 Å². The molecule has 2 aliphatic rings. The van der Waals surface area contributed by atoms with Crippen LogP contribution in [-0.4, -0.2) is 52.7 Å². The molecule has 2 amide bonds. The maximum absolute atomic E-state index is 14.9. The van der Waals surface area contributed by atoms with Gasteiger partial charge in [-0.15, -0.1) is 0 Å². The SMILES string of the molecule is Cc1cc2c(N3CCC4CCN(C(=O)O)C4C3)c(F)cc(C(N)=O)c2[nH]1. The van der Waals surface area contributed by atoms with Gasteiger partial charge in [0.15, 0.2) is 0 Å². The molecule has 0 radical (unpaired) electrons. The lowest BCUT2D eigenvalue weighted by atomic mass is 9.91. The first kappa shape index (κ1) is 16.7. The molecule has 4 N–H and O–H groups in total. The van der Waals surface area contributed by atoms with Crippen LogP contribution in [0.1, 0.15) is 28.9 Å². The summed E-state index contributed by atoms with van der Waals surface area (Å²) in [6.07, 6.45) is 0.745. The van der Waals surface area contributed by atoms with E-state index in [4.69, 9.17) is 5.73 Å². The van der Waals surface area contributed by atoms with Crippen LogP contribution in [0.15, 0.2) is 12.1 Å². The van der Waals surface area contributed by atoms with E-state index in [1.165, 1.54) is 11.0 Å². The number of hydrogen-bond acceptors (Lipinski definition) is 3. The minimum Gasteiger partial charge on any atom is -0.465 e. The minimum atomic E-state index is -0.925. The first-order chi connectivity index (χ1) is 12.4. The van der Waals surface area contributed by atoms with E-state index >= 15 is 0 Å². The van der Waals surface area contributed by atoms with Gasteiger partial charge in [0.2, 0.25) is 0 Å². The van der Waals surface area contributed by atoms with Gasteiger partial charge in [0.1, 0.15) is 5.82 Å². The molecule has 0 aliphatic carbocycles. The number of hydrogen-bond donors (Lipinski definition) is 3. The van der Waals surface area contributed by atoms with E-state index in [0.29, 0.717) is 42.1 Å². The van der Waals surface area contributed by atoms with Crippen LogP contribution in [0, 0.1) is 18.7 Å². The normalized spacial score (nSPS) is 22.7. The molecule has 2 aliphatic heterocycles. The lowest BCUT2D eigenvalue weighted by molar-refractivity contribution is 0.100. The van der Waals surface area contributed by atoms with Gasteiger partial charge in [-0.1, -0.05) is 0 Å². The molecule has 2 saturated heterocycles. The van der Waals surface area contributed by atoms with Gasteiger partial charge in [-0.05, 0) is 37.8 Å². The van der Waals surface area contributed by atoms with Crippen molar-refractivity contribution in [1.29, 1.82) is 0 Å². The van der Waals surface area contributed by atoms with Crippen LogP contribution in [0.25, 0.3) is 10.9 Å². The number of piperidine rings is 1. The highest BCUT2D eigenvalue weighted by Crippen LogP contribution is 2.38. The van der Waals surface area contributed by atoms with E-state index in [-0.39, 0.29) is 11.6 Å². The van der Waals surface area contributed by atoms with Crippen LogP contribution in [0.2, 0.25) is 0 Å². The van der Waals surface area contributed by atoms with E-state index in [1.807, 2.05) is 11.8 Å². The highest BCUT2D eigenvalue weighted by Gasteiger charge is 2.41. The number of benzene rings is 1. The monoisotopic (exact) mass is 360 g/mol. The number of carboxylic acid groups (broad SMARTS) is 1. The van der Waals surface area contributed by atoms with Gasteiger partial charge < -0.3 is 25.6 Å². The molecule has 2 fully saturated rings. The van der Waals surface area contributed by atoms with Crippen molar-refractivity contribution in [2.45, 2.75) is 25.8 Å². The number of carbonyl (C=O) groups is 2. The number of nitrogens with two attached hydrogens (primary N) is 1. The van der Waals surface area contributed by atoms with E-state index in [2.05, 4.69) is 4.98 Å².